The molecule has 1 aromatic rings. The maximum atomic E-state index is 11.0. The first-order valence-electron chi connectivity index (χ1n) is 4.71. The van der Waals surface area contributed by atoms with E-state index in [4.69, 9.17) is 14.3 Å². The van der Waals surface area contributed by atoms with Crippen molar-refractivity contribution in [3.8, 4) is 5.75 Å². The summed E-state index contributed by atoms with van der Waals surface area (Å²) in [6.07, 6.45) is 0.918. The normalized spacial score (nSPS) is 9.94. The Hall–Kier alpha value is -2.08. The van der Waals surface area contributed by atoms with E-state index in [2.05, 4.69) is 11.3 Å². The Bertz CT molecular complexity index is 473. The van der Waals surface area contributed by atoms with Crippen molar-refractivity contribution in [3.05, 3.63) is 40.5 Å². The van der Waals surface area contributed by atoms with Crippen LogP contribution in [0.3, 0.4) is 0 Å². The van der Waals surface area contributed by atoms with Crippen LogP contribution in [0.5, 0.6) is 5.75 Å². The molecule has 0 spiro atoms. The van der Waals surface area contributed by atoms with E-state index in [1.165, 1.54) is 6.92 Å². The summed E-state index contributed by atoms with van der Waals surface area (Å²) in [6, 6.07) is 1.09. The molecular formula is C11H12O6. The molecule has 0 bridgehead atoms. The number of carbonyl (C=O) groups excluding carboxylic acids is 1. The molecule has 17 heavy (non-hydrogen) atoms. The fourth-order valence-corrected chi connectivity index (χ4v) is 0.880. The summed E-state index contributed by atoms with van der Waals surface area (Å²) in [5.41, 5.74) is -0.293. The molecule has 0 atom stereocenters. The van der Waals surface area contributed by atoms with Crippen LogP contribution in [0, 0.1) is 0 Å². The SMILES string of the molecule is C=C(C)C(=O)OCOCc1cc(=O)c(O)co1. The highest BCUT2D eigenvalue weighted by molar-refractivity contribution is 5.86. The highest BCUT2D eigenvalue weighted by Crippen LogP contribution is 2.04. The van der Waals surface area contributed by atoms with Gasteiger partial charge in [0.1, 0.15) is 18.6 Å². The van der Waals surface area contributed by atoms with Crippen molar-refractivity contribution in [3.63, 3.8) is 0 Å². The van der Waals surface area contributed by atoms with E-state index in [0.717, 1.165) is 12.3 Å². The molecule has 0 saturated heterocycles. The lowest BCUT2D eigenvalue weighted by atomic mass is 10.4. The second-order valence-electron chi connectivity index (χ2n) is 3.27. The minimum absolute atomic E-state index is 0.0427. The maximum absolute atomic E-state index is 11.0. The van der Waals surface area contributed by atoms with Crippen molar-refractivity contribution in [2.75, 3.05) is 6.79 Å². The maximum Gasteiger partial charge on any atom is 0.335 e. The van der Waals surface area contributed by atoms with Crippen molar-refractivity contribution in [1.29, 1.82) is 0 Å². The number of hydrogen-bond acceptors (Lipinski definition) is 6. The highest BCUT2D eigenvalue weighted by atomic mass is 16.7. The first kappa shape index (κ1) is 13.0. The molecule has 6 heteroatoms. The average molecular weight is 240 g/mol. The predicted octanol–water partition coefficient (Wildman–Crippen LogP) is 0.939. The van der Waals surface area contributed by atoms with Crippen molar-refractivity contribution in [2.45, 2.75) is 13.5 Å². The zero-order chi connectivity index (χ0) is 12.8. The van der Waals surface area contributed by atoms with E-state index in [0.29, 0.717) is 0 Å². The van der Waals surface area contributed by atoms with Gasteiger partial charge < -0.3 is 19.0 Å². The first-order chi connectivity index (χ1) is 8.00. The van der Waals surface area contributed by atoms with Crippen molar-refractivity contribution < 1.29 is 23.8 Å². The summed E-state index contributed by atoms with van der Waals surface area (Å²) in [5, 5.41) is 8.92. The smallest absolute Gasteiger partial charge is 0.335 e. The Labute approximate surface area is 97.1 Å². The van der Waals surface area contributed by atoms with Gasteiger partial charge in [0.05, 0.1) is 0 Å². The summed E-state index contributed by atoms with van der Waals surface area (Å²) in [5.74, 6) is -0.807. The third-order valence-corrected chi connectivity index (χ3v) is 1.73. The molecule has 6 nitrogen and oxygen atoms in total. The summed E-state index contributed by atoms with van der Waals surface area (Å²) < 4.78 is 14.4. The predicted molar refractivity (Wildman–Crippen MR) is 57.2 cm³/mol. The first-order valence-corrected chi connectivity index (χ1v) is 4.71. The van der Waals surface area contributed by atoms with Gasteiger partial charge >= 0.3 is 5.97 Å². The molecule has 0 radical (unpaired) electrons. The molecule has 0 saturated carbocycles. The van der Waals surface area contributed by atoms with Gasteiger partial charge in [-0.1, -0.05) is 6.58 Å². The van der Waals surface area contributed by atoms with Crippen molar-refractivity contribution in [2.24, 2.45) is 0 Å². The highest BCUT2D eigenvalue weighted by Gasteiger charge is 2.04. The lowest BCUT2D eigenvalue weighted by Crippen LogP contribution is -2.09. The second-order valence-corrected chi connectivity index (χ2v) is 3.27. The Morgan fingerprint density at radius 2 is 2.29 bits per heavy atom. The topological polar surface area (TPSA) is 86.0 Å². The monoisotopic (exact) mass is 240 g/mol. The van der Waals surface area contributed by atoms with Crippen LogP contribution in [-0.2, 0) is 20.9 Å². The van der Waals surface area contributed by atoms with Crippen LogP contribution in [0.2, 0.25) is 0 Å². The average Bonchev–Trinajstić information content (AvgIpc) is 2.28. The minimum atomic E-state index is -0.561. The van der Waals surface area contributed by atoms with Gasteiger partial charge in [-0.2, -0.15) is 0 Å². The van der Waals surface area contributed by atoms with Crippen LogP contribution in [-0.4, -0.2) is 17.9 Å². The van der Waals surface area contributed by atoms with Gasteiger partial charge in [-0.05, 0) is 6.92 Å². The third kappa shape index (κ3) is 4.12. The van der Waals surface area contributed by atoms with Crippen molar-refractivity contribution in [1.82, 2.24) is 0 Å². The quantitative estimate of drug-likeness (QED) is 0.357. The molecule has 1 aromatic heterocycles. The van der Waals surface area contributed by atoms with Crippen LogP contribution in [0.4, 0.5) is 0 Å². The van der Waals surface area contributed by atoms with E-state index in [1.807, 2.05) is 0 Å². The number of rotatable bonds is 5. The molecule has 1 N–H and O–H groups in total. The van der Waals surface area contributed by atoms with Crippen LogP contribution in [0.1, 0.15) is 12.7 Å². The lowest BCUT2D eigenvalue weighted by Gasteiger charge is -2.05. The minimum Gasteiger partial charge on any atom is -0.502 e. The Morgan fingerprint density at radius 3 is 2.88 bits per heavy atom. The van der Waals surface area contributed by atoms with Gasteiger partial charge in [0.2, 0.25) is 5.43 Å². The molecular weight excluding hydrogens is 228 g/mol. The summed E-state index contributed by atoms with van der Waals surface area (Å²) in [4.78, 5) is 22.0. The van der Waals surface area contributed by atoms with Gasteiger partial charge in [-0.15, -0.1) is 0 Å². The summed E-state index contributed by atoms with van der Waals surface area (Å²) in [6.45, 7) is 4.60. The fraction of sp³-hybridized carbons (Fsp3) is 0.273. The molecule has 1 heterocycles. The third-order valence-electron chi connectivity index (χ3n) is 1.73. The van der Waals surface area contributed by atoms with E-state index in [1.54, 1.807) is 0 Å². The van der Waals surface area contributed by atoms with Crippen LogP contribution in [0.25, 0.3) is 0 Å². The second kappa shape index (κ2) is 5.86. The largest absolute Gasteiger partial charge is 0.502 e. The van der Waals surface area contributed by atoms with Crippen molar-refractivity contribution >= 4 is 5.97 Å². The van der Waals surface area contributed by atoms with Gasteiger partial charge in [-0.25, -0.2) is 4.79 Å². The van der Waals surface area contributed by atoms with Crippen LogP contribution in [0.15, 0.2) is 33.7 Å². The molecule has 0 unspecified atom stereocenters. The molecule has 0 aliphatic carbocycles. The molecule has 0 aliphatic heterocycles. The number of aromatic hydroxyl groups is 1. The van der Waals surface area contributed by atoms with E-state index < -0.39 is 17.1 Å². The Morgan fingerprint density at radius 1 is 1.59 bits per heavy atom. The van der Waals surface area contributed by atoms with Crippen LogP contribution < -0.4 is 5.43 Å². The molecule has 0 fully saturated rings. The zero-order valence-electron chi connectivity index (χ0n) is 9.26. The number of esters is 1. The van der Waals surface area contributed by atoms with Gasteiger partial charge in [0.15, 0.2) is 12.5 Å². The van der Waals surface area contributed by atoms with Crippen LogP contribution >= 0.6 is 0 Å². The fourth-order valence-electron chi connectivity index (χ4n) is 0.880. The standard InChI is InChI=1S/C11H12O6/c1-7(2)11(14)17-6-15-4-8-3-9(12)10(13)5-16-8/h3,5,13H,1,4,6H2,2H3. The van der Waals surface area contributed by atoms with E-state index in [9.17, 15) is 9.59 Å². The zero-order valence-corrected chi connectivity index (χ0v) is 9.26. The molecule has 0 aliphatic rings. The summed E-state index contributed by atoms with van der Waals surface area (Å²) >= 11 is 0. The lowest BCUT2D eigenvalue weighted by molar-refractivity contribution is -0.152. The van der Waals surface area contributed by atoms with E-state index >= 15 is 0 Å². The summed E-state index contributed by atoms with van der Waals surface area (Å²) in [7, 11) is 0. The Balaban J connectivity index is 2.36. The van der Waals surface area contributed by atoms with Gasteiger partial charge in [0.25, 0.3) is 0 Å². The number of carbonyl (C=O) groups is 1. The molecule has 0 amide bonds. The van der Waals surface area contributed by atoms with Gasteiger partial charge in [0, 0.05) is 11.6 Å². The number of hydrogen-bond donors (Lipinski definition) is 1. The van der Waals surface area contributed by atoms with Gasteiger partial charge in [-0.3, -0.25) is 4.79 Å². The Kier molecular flexibility index (Phi) is 4.47. The molecule has 1 rings (SSSR count). The van der Waals surface area contributed by atoms with E-state index in [-0.39, 0.29) is 24.7 Å². The molecule has 0 aromatic carbocycles. The molecule has 92 valence electrons. The number of ether oxygens (including phenoxy) is 2.